The fourth-order valence-corrected chi connectivity index (χ4v) is 1.07. The van der Waals surface area contributed by atoms with Crippen molar-refractivity contribution in [3.05, 3.63) is 0 Å². The van der Waals surface area contributed by atoms with Gasteiger partial charge in [-0.1, -0.05) is 6.92 Å². The molecule has 4 nitrogen and oxygen atoms in total. The molecule has 0 aliphatic carbocycles. The van der Waals surface area contributed by atoms with Crippen LogP contribution in [0.15, 0.2) is 0 Å². The summed E-state index contributed by atoms with van der Waals surface area (Å²) in [6.45, 7) is 1.64. The van der Waals surface area contributed by atoms with E-state index in [4.69, 9.17) is 5.11 Å². The molecule has 4 heteroatoms. The van der Waals surface area contributed by atoms with E-state index in [2.05, 4.69) is 0 Å². The molecule has 0 heterocycles. The third-order valence-corrected chi connectivity index (χ3v) is 2.06. The number of hydrogen-bond acceptors (Lipinski definition) is 4. The van der Waals surface area contributed by atoms with Crippen LogP contribution in [-0.4, -0.2) is 59.2 Å². The van der Waals surface area contributed by atoms with Crippen molar-refractivity contribution in [1.29, 1.82) is 0 Å². The molecule has 0 bridgehead atoms. The molecule has 0 saturated heterocycles. The number of aliphatic hydroxyl groups is 3. The molecule has 0 aliphatic heterocycles. The van der Waals surface area contributed by atoms with E-state index in [1.54, 1.807) is 25.9 Å². The van der Waals surface area contributed by atoms with Gasteiger partial charge in [0.25, 0.3) is 0 Å². The van der Waals surface area contributed by atoms with Gasteiger partial charge in [0, 0.05) is 0 Å². The van der Waals surface area contributed by atoms with Gasteiger partial charge >= 0.3 is 0 Å². The van der Waals surface area contributed by atoms with E-state index in [1.165, 1.54) is 0 Å². The van der Waals surface area contributed by atoms with Crippen LogP contribution in [0.25, 0.3) is 0 Å². The third kappa shape index (κ3) is 3.06. The molecule has 0 aliphatic rings. The van der Waals surface area contributed by atoms with E-state index in [-0.39, 0.29) is 12.6 Å². The van der Waals surface area contributed by atoms with Crippen LogP contribution in [0.5, 0.6) is 0 Å². The highest BCUT2D eigenvalue weighted by Crippen LogP contribution is 2.07. The third-order valence-electron chi connectivity index (χ3n) is 2.06. The standard InChI is InChI=1S/C8H19NO3/c1-4-7(11)8(12)6(5-10)9(2)3/h6-8,10-12H,4-5H2,1-3H3. The number of rotatable bonds is 5. The average molecular weight is 177 g/mol. The van der Waals surface area contributed by atoms with Gasteiger partial charge in [0.2, 0.25) is 0 Å². The van der Waals surface area contributed by atoms with Crippen molar-refractivity contribution in [2.24, 2.45) is 0 Å². The quantitative estimate of drug-likeness (QED) is 0.506. The molecule has 0 spiro atoms. The predicted molar refractivity (Wildman–Crippen MR) is 46.9 cm³/mol. The van der Waals surface area contributed by atoms with Crippen molar-refractivity contribution < 1.29 is 15.3 Å². The first kappa shape index (κ1) is 11.8. The van der Waals surface area contributed by atoms with E-state index in [1.807, 2.05) is 0 Å². The number of likely N-dealkylation sites (N-methyl/N-ethyl adjacent to an activating group) is 1. The normalized spacial score (nSPS) is 19.2. The van der Waals surface area contributed by atoms with Gasteiger partial charge in [0.15, 0.2) is 0 Å². The zero-order chi connectivity index (χ0) is 9.72. The lowest BCUT2D eigenvalue weighted by Gasteiger charge is -2.29. The van der Waals surface area contributed by atoms with E-state index in [0.29, 0.717) is 6.42 Å². The Morgan fingerprint density at radius 3 is 2.00 bits per heavy atom. The lowest BCUT2D eigenvalue weighted by molar-refractivity contribution is -0.0437. The minimum Gasteiger partial charge on any atom is -0.395 e. The number of hydrogen-bond donors (Lipinski definition) is 3. The Balaban J connectivity index is 4.10. The molecule has 0 amide bonds. The Kier molecular flexibility index (Phi) is 5.41. The minimum atomic E-state index is -0.880. The van der Waals surface area contributed by atoms with Crippen molar-refractivity contribution in [3.8, 4) is 0 Å². The molecular formula is C8H19NO3. The van der Waals surface area contributed by atoms with Crippen LogP contribution in [0.3, 0.4) is 0 Å². The summed E-state index contributed by atoms with van der Waals surface area (Å²) in [4.78, 5) is 1.70. The highest BCUT2D eigenvalue weighted by Gasteiger charge is 2.25. The van der Waals surface area contributed by atoms with Crippen molar-refractivity contribution >= 4 is 0 Å². The van der Waals surface area contributed by atoms with Crippen molar-refractivity contribution in [3.63, 3.8) is 0 Å². The van der Waals surface area contributed by atoms with E-state index >= 15 is 0 Å². The fraction of sp³-hybridized carbons (Fsp3) is 1.00. The summed E-state index contributed by atoms with van der Waals surface area (Å²) >= 11 is 0. The molecule has 12 heavy (non-hydrogen) atoms. The van der Waals surface area contributed by atoms with E-state index in [0.717, 1.165) is 0 Å². The van der Waals surface area contributed by atoms with Crippen LogP contribution in [-0.2, 0) is 0 Å². The molecule has 0 aromatic rings. The van der Waals surface area contributed by atoms with Gasteiger partial charge in [-0.05, 0) is 20.5 Å². The first-order valence-corrected chi connectivity index (χ1v) is 4.18. The fourth-order valence-electron chi connectivity index (χ4n) is 1.07. The molecule has 74 valence electrons. The average Bonchev–Trinajstić information content (AvgIpc) is 2.03. The second-order valence-corrected chi connectivity index (χ2v) is 3.18. The molecule has 0 saturated carbocycles. The summed E-state index contributed by atoms with van der Waals surface area (Å²) in [6.07, 6.45) is -1.15. The van der Waals surface area contributed by atoms with Crippen LogP contribution in [0.1, 0.15) is 13.3 Å². The molecule has 0 aromatic carbocycles. The van der Waals surface area contributed by atoms with Crippen molar-refractivity contribution in [1.82, 2.24) is 4.90 Å². The summed E-state index contributed by atoms with van der Waals surface area (Å²) in [6, 6.07) is -0.389. The second kappa shape index (κ2) is 5.48. The van der Waals surface area contributed by atoms with Gasteiger partial charge in [-0.2, -0.15) is 0 Å². The maximum atomic E-state index is 9.50. The molecule has 0 fully saturated rings. The molecule has 0 aromatic heterocycles. The Bertz CT molecular complexity index is 119. The molecule has 0 radical (unpaired) electrons. The Labute approximate surface area is 73.4 Å². The van der Waals surface area contributed by atoms with E-state index in [9.17, 15) is 10.2 Å². The van der Waals surface area contributed by atoms with Gasteiger partial charge in [-0.3, -0.25) is 0 Å². The van der Waals surface area contributed by atoms with Gasteiger partial charge in [-0.15, -0.1) is 0 Å². The summed E-state index contributed by atoms with van der Waals surface area (Å²) in [7, 11) is 3.51. The Morgan fingerprint density at radius 1 is 1.25 bits per heavy atom. The van der Waals surface area contributed by atoms with Gasteiger partial charge < -0.3 is 20.2 Å². The molecule has 3 N–H and O–H groups in total. The van der Waals surface area contributed by atoms with Crippen molar-refractivity contribution in [2.45, 2.75) is 31.6 Å². The zero-order valence-electron chi connectivity index (χ0n) is 7.94. The van der Waals surface area contributed by atoms with Crippen LogP contribution < -0.4 is 0 Å². The maximum Gasteiger partial charge on any atom is 0.0975 e. The molecule has 3 atom stereocenters. The topological polar surface area (TPSA) is 63.9 Å². The van der Waals surface area contributed by atoms with Gasteiger partial charge in [-0.25, -0.2) is 0 Å². The zero-order valence-corrected chi connectivity index (χ0v) is 7.94. The van der Waals surface area contributed by atoms with Crippen LogP contribution in [0.2, 0.25) is 0 Å². The lowest BCUT2D eigenvalue weighted by atomic mass is 10.0. The number of nitrogens with zero attached hydrogens (tertiary/aromatic N) is 1. The summed E-state index contributed by atoms with van der Waals surface area (Å²) in [5, 5.41) is 27.7. The lowest BCUT2D eigenvalue weighted by Crippen LogP contribution is -2.47. The smallest absolute Gasteiger partial charge is 0.0975 e. The minimum absolute atomic E-state index is 0.148. The molecule has 3 unspecified atom stereocenters. The van der Waals surface area contributed by atoms with Crippen LogP contribution in [0.4, 0.5) is 0 Å². The Morgan fingerprint density at radius 2 is 1.75 bits per heavy atom. The highest BCUT2D eigenvalue weighted by atomic mass is 16.3. The summed E-state index contributed by atoms with van der Waals surface area (Å²) in [5.41, 5.74) is 0. The summed E-state index contributed by atoms with van der Waals surface area (Å²) in [5.74, 6) is 0. The predicted octanol–water partition coefficient (Wildman–Crippen LogP) is -0.959. The van der Waals surface area contributed by atoms with E-state index < -0.39 is 12.2 Å². The maximum absolute atomic E-state index is 9.50. The monoisotopic (exact) mass is 177 g/mol. The van der Waals surface area contributed by atoms with Crippen LogP contribution in [0, 0.1) is 0 Å². The van der Waals surface area contributed by atoms with Crippen LogP contribution >= 0.6 is 0 Å². The first-order valence-electron chi connectivity index (χ1n) is 4.18. The van der Waals surface area contributed by atoms with Crippen molar-refractivity contribution in [2.75, 3.05) is 20.7 Å². The first-order chi connectivity index (χ1) is 5.54. The SMILES string of the molecule is CCC(O)C(O)C(CO)N(C)C. The molecular weight excluding hydrogens is 158 g/mol. The molecule has 0 rings (SSSR count). The van der Waals surface area contributed by atoms with Gasteiger partial charge in [0.05, 0.1) is 24.9 Å². The highest BCUT2D eigenvalue weighted by molar-refractivity contribution is 4.79. The second-order valence-electron chi connectivity index (χ2n) is 3.18. The largest absolute Gasteiger partial charge is 0.395 e. The summed E-state index contributed by atoms with van der Waals surface area (Å²) < 4.78 is 0. The Hall–Kier alpha value is -0.160. The van der Waals surface area contributed by atoms with Gasteiger partial charge in [0.1, 0.15) is 0 Å². The number of aliphatic hydroxyl groups excluding tert-OH is 3.